The fraction of sp³-hybridized carbons (Fsp3) is 0.800. The highest BCUT2D eigenvalue weighted by Crippen LogP contribution is 2.18. The second kappa shape index (κ2) is 6.44. The molecular weight excluding hydrogens is 210 g/mol. The van der Waals surface area contributed by atoms with Crippen molar-refractivity contribution in [2.45, 2.75) is 37.9 Å². The Morgan fingerprint density at radius 2 is 2.12 bits per heavy atom. The molecule has 6 heteroatoms. The molecule has 6 nitrogen and oxygen atoms in total. The van der Waals surface area contributed by atoms with Gasteiger partial charge in [-0.3, -0.25) is 9.59 Å². The largest absolute Gasteiger partial charge is 0.370 e. The lowest BCUT2D eigenvalue weighted by Crippen LogP contribution is -2.36. The summed E-state index contributed by atoms with van der Waals surface area (Å²) in [6.45, 7) is 0.903. The smallest absolute Gasteiger partial charge is 0.249 e. The molecule has 1 fully saturated rings. The number of carbonyl (C=O) groups excluding carboxylic acids is 2. The quantitative estimate of drug-likeness (QED) is 0.501. The van der Waals surface area contributed by atoms with Crippen LogP contribution in [-0.4, -0.2) is 37.1 Å². The van der Waals surface area contributed by atoms with Crippen LogP contribution in [0.2, 0.25) is 0 Å². The molecule has 0 aromatic rings. The Morgan fingerprint density at radius 3 is 2.69 bits per heavy atom. The van der Waals surface area contributed by atoms with Crippen LogP contribution in [0.25, 0.3) is 0 Å². The van der Waals surface area contributed by atoms with E-state index in [1.54, 1.807) is 0 Å². The summed E-state index contributed by atoms with van der Waals surface area (Å²) < 4.78 is 5.42. The summed E-state index contributed by atoms with van der Waals surface area (Å²) in [5.41, 5.74) is 10.4. The molecule has 16 heavy (non-hydrogen) atoms. The van der Waals surface area contributed by atoms with Crippen LogP contribution in [0.3, 0.4) is 0 Å². The Bertz CT molecular complexity index is 258. The van der Waals surface area contributed by atoms with Crippen molar-refractivity contribution in [1.29, 1.82) is 0 Å². The SMILES string of the molecule is NCC1CCC(C(=O)NCCCC(N)=O)O1. The lowest BCUT2D eigenvalue weighted by molar-refractivity contribution is -0.132. The number of hydrogen-bond donors (Lipinski definition) is 3. The van der Waals surface area contributed by atoms with Gasteiger partial charge >= 0.3 is 0 Å². The summed E-state index contributed by atoms with van der Waals surface area (Å²) in [6, 6.07) is 0. The first kappa shape index (κ1) is 12.9. The highest BCUT2D eigenvalue weighted by molar-refractivity contribution is 5.81. The molecule has 2 amide bonds. The van der Waals surface area contributed by atoms with E-state index in [-0.39, 0.29) is 30.4 Å². The van der Waals surface area contributed by atoms with Crippen molar-refractivity contribution in [3.63, 3.8) is 0 Å². The van der Waals surface area contributed by atoms with E-state index in [4.69, 9.17) is 16.2 Å². The molecule has 1 aliphatic rings. The van der Waals surface area contributed by atoms with Crippen LogP contribution < -0.4 is 16.8 Å². The highest BCUT2D eigenvalue weighted by atomic mass is 16.5. The number of nitrogens with one attached hydrogen (secondary N) is 1. The lowest BCUT2D eigenvalue weighted by Gasteiger charge is -2.12. The van der Waals surface area contributed by atoms with Crippen LogP contribution in [0.15, 0.2) is 0 Å². The van der Waals surface area contributed by atoms with E-state index < -0.39 is 0 Å². The van der Waals surface area contributed by atoms with Crippen molar-refractivity contribution in [1.82, 2.24) is 5.32 Å². The molecule has 5 N–H and O–H groups in total. The van der Waals surface area contributed by atoms with Crippen molar-refractivity contribution in [2.24, 2.45) is 11.5 Å². The molecule has 0 aliphatic carbocycles. The Hall–Kier alpha value is -1.14. The van der Waals surface area contributed by atoms with Gasteiger partial charge in [-0.25, -0.2) is 0 Å². The summed E-state index contributed by atoms with van der Waals surface area (Å²) in [5, 5.41) is 2.71. The predicted octanol–water partition coefficient (Wildman–Crippen LogP) is -1.13. The molecule has 0 aromatic heterocycles. The van der Waals surface area contributed by atoms with Gasteiger partial charge in [0.1, 0.15) is 6.10 Å². The van der Waals surface area contributed by atoms with Crippen LogP contribution >= 0.6 is 0 Å². The van der Waals surface area contributed by atoms with Crippen LogP contribution in [-0.2, 0) is 14.3 Å². The van der Waals surface area contributed by atoms with E-state index in [0.29, 0.717) is 25.9 Å². The Labute approximate surface area is 94.7 Å². The minimum Gasteiger partial charge on any atom is -0.370 e. The van der Waals surface area contributed by atoms with Crippen molar-refractivity contribution < 1.29 is 14.3 Å². The molecule has 2 unspecified atom stereocenters. The van der Waals surface area contributed by atoms with Gasteiger partial charge in [-0.1, -0.05) is 0 Å². The Balaban J connectivity index is 2.13. The number of rotatable bonds is 6. The van der Waals surface area contributed by atoms with Crippen molar-refractivity contribution in [2.75, 3.05) is 13.1 Å². The van der Waals surface area contributed by atoms with Gasteiger partial charge in [-0.15, -0.1) is 0 Å². The second-order valence-corrected chi connectivity index (χ2v) is 3.92. The Morgan fingerprint density at radius 1 is 1.38 bits per heavy atom. The average Bonchev–Trinajstić information content (AvgIpc) is 2.72. The van der Waals surface area contributed by atoms with E-state index in [2.05, 4.69) is 5.32 Å². The number of amides is 2. The molecular formula is C10H19N3O3. The number of carbonyl (C=O) groups is 2. The van der Waals surface area contributed by atoms with Crippen LogP contribution in [0.1, 0.15) is 25.7 Å². The predicted molar refractivity (Wildman–Crippen MR) is 58.4 cm³/mol. The molecule has 1 aliphatic heterocycles. The summed E-state index contributed by atoms with van der Waals surface area (Å²) in [4.78, 5) is 22.0. The van der Waals surface area contributed by atoms with Crippen LogP contribution in [0.4, 0.5) is 0 Å². The third kappa shape index (κ3) is 4.16. The topological polar surface area (TPSA) is 107 Å². The highest BCUT2D eigenvalue weighted by Gasteiger charge is 2.29. The maximum absolute atomic E-state index is 11.6. The monoisotopic (exact) mass is 229 g/mol. The summed E-state index contributed by atoms with van der Waals surface area (Å²) in [6.07, 6.45) is 2.01. The molecule has 0 aromatic carbocycles. The van der Waals surface area contributed by atoms with Gasteiger partial charge < -0.3 is 21.5 Å². The summed E-state index contributed by atoms with van der Waals surface area (Å²) in [7, 11) is 0. The molecule has 1 rings (SSSR count). The fourth-order valence-corrected chi connectivity index (χ4v) is 1.66. The minimum absolute atomic E-state index is 0.00127. The second-order valence-electron chi connectivity index (χ2n) is 3.92. The van der Waals surface area contributed by atoms with E-state index in [1.807, 2.05) is 0 Å². The first-order chi connectivity index (χ1) is 7.63. The first-order valence-electron chi connectivity index (χ1n) is 5.55. The number of hydrogen-bond acceptors (Lipinski definition) is 4. The molecule has 2 atom stereocenters. The summed E-state index contributed by atoms with van der Waals surface area (Å²) >= 11 is 0. The zero-order valence-corrected chi connectivity index (χ0v) is 9.28. The van der Waals surface area contributed by atoms with Crippen LogP contribution in [0.5, 0.6) is 0 Å². The zero-order chi connectivity index (χ0) is 12.0. The molecule has 0 radical (unpaired) electrons. The maximum Gasteiger partial charge on any atom is 0.249 e. The average molecular weight is 229 g/mol. The zero-order valence-electron chi connectivity index (χ0n) is 9.28. The number of ether oxygens (including phenoxy) is 1. The summed E-state index contributed by atoms with van der Waals surface area (Å²) in [5.74, 6) is -0.477. The third-order valence-electron chi connectivity index (χ3n) is 2.56. The van der Waals surface area contributed by atoms with Gasteiger partial charge in [0.15, 0.2) is 0 Å². The molecule has 0 spiro atoms. The van der Waals surface area contributed by atoms with Gasteiger partial charge in [0.2, 0.25) is 11.8 Å². The van der Waals surface area contributed by atoms with E-state index >= 15 is 0 Å². The third-order valence-corrected chi connectivity index (χ3v) is 2.56. The van der Waals surface area contributed by atoms with Gasteiger partial charge in [0.25, 0.3) is 0 Å². The van der Waals surface area contributed by atoms with Gasteiger partial charge in [0, 0.05) is 19.5 Å². The first-order valence-corrected chi connectivity index (χ1v) is 5.55. The van der Waals surface area contributed by atoms with Gasteiger partial charge in [-0.05, 0) is 19.3 Å². The molecule has 0 saturated carbocycles. The normalized spacial score (nSPS) is 24.3. The van der Waals surface area contributed by atoms with Crippen molar-refractivity contribution in [3.8, 4) is 0 Å². The minimum atomic E-state index is -0.387. The molecule has 1 saturated heterocycles. The van der Waals surface area contributed by atoms with Crippen LogP contribution in [0, 0.1) is 0 Å². The molecule has 92 valence electrons. The van der Waals surface area contributed by atoms with E-state index in [0.717, 1.165) is 6.42 Å². The van der Waals surface area contributed by atoms with E-state index in [1.165, 1.54) is 0 Å². The van der Waals surface area contributed by atoms with Gasteiger partial charge in [0.05, 0.1) is 6.10 Å². The van der Waals surface area contributed by atoms with Gasteiger partial charge in [-0.2, -0.15) is 0 Å². The standard InChI is InChI=1S/C10H19N3O3/c11-6-7-3-4-8(16-7)10(15)13-5-1-2-9(12)14/h7-8H,1-6,11H2,(H2,12,14)(H,13,15). The van der Waals surface area contributed by atoms with Crippen molar-refractivity contribution in [3.05, 3.63) is 0 Å². The molecule has 0 bridgehead atoms. The number of primary amides is 1. The molecule has 1 heterocycles. The fourth-order valence-electron chi connectivity index (χ4n) is 1.66. The van der Waals surface area contributed by atoms with Crippen molar-refractivity contribution >= 4 is 11.8 Å². The lowest BCUT2D eigenvalue weighted by atomic mass is 10.2. The van der Waals surface area contributed by atoms with E-state index in [9.17, 15) is 9.59 Å². The Kier molecular flexibility index (Phi) is 5.21. The maximum atomic E-state index is 11.6. The number of nitrogens with two attached hydrogens (primary N) is 2.